The lowest BCUT2D eigenvalue weighted by molar-refractivity contribution is -0.384. The third kappa shape index (κ3) is 3.28. The highest BCUT2D eigenvalue weighted by molar-refractivity contribution is 5.87. The van der Waals surface area contributed by atoms with Gasteiger partial charge >= 0.3 is 6.03 Å². The summed E-state index contributed by atoms with van der Waals surface area (Å²) in [6, 6.07) is 4.68. The Morgan fingerprint density at radius 3 is 2.21 bits per heavy atom. The molecule has 6 nitrogen and oxygen atoms in total. The van der Waals surface area contributed by atoms with Crippen LogP contribution in [0.25, 0.3) is 0 Å². The maximum Gasteiger partial charge on any atom is 0.316 e. The molecule has 0 bridgehead atoms. The van der Waals surface area contributed by atoms with Gasteiger partial charge in [-0.15, -0.1) is 12.4 Å². The predicted molar refractivity (Wildman–Crippen MR) is 53.6 cm³/mol. The molecule has 1 aromatic carbocycles. The lowest BCUT2D eigenvalue weighted by Gasteiger charge is -1.99. The molecule has 1 aromatic rings. The van der Waals surface area contributed by atoms with Crippen molar-refractivity contribution in [1.82, 2.24) is 0 Å². The van der Waals surface area contributed by atoms with Crippen molar-refractivity contribution in [1.29, 1.82) is 0 Å². The number of benzene rings is 1. The van der Waals surface area contributed by atoms with Crippen LogP contribution in [0.1, 0.15) is 0 Å². The van der Waals surface area contributed by atoms with E-state index in [2.05, 4.69) is 5.32 Å². The minimum absolute atomic E-state index is 0. The molecule has 7 heteroatoms. The number of primary amides is 1. The summed E-state index contributed by atoms with van der Waals surface area (Å²) in [4.78, 5) is 20.1. The third-order valence-corrected chi connectivity index (χ3v) is 1.35. The quantitative estimate of drug-likeness (QED) is 0.580. The lowest BCUT2D eigenvalue weighted by Crippen LogP contribution is -2.19. The van der Waals surface area contributed by atoms with Gasteiger partial charge in [-0.25, -0.2) is 4.79 Å². The van der Waals surface area contributed by atoms with Crippen LogP contribution in [0, 0.1) is 10.1 Å². The first kappa shape index (κ1) is 12.2. The van der Waals surface area contributed by atoms with Gasteiger partial charge in [0.05, 0.1) is 4.92 Å². The van der Waals surface area contributed by atoms with Gasteiger partial charge < -0.3 is 11.1 Å². The number of nitrogens with zero attached hydrogens (tertiary/aromatic N) is 1. The largest absolute Gasteiger partial charge is 0.351 e. The van der Waals surface area contributed by atoms with Gasteiger partial charge in [0, 0.05) is 17.8 Å². The molecule has 0 atom stereocenters. The molecular formula is C7H8ClN3O3. The van der Waals surface area contributed by atoms with Gasteiger partial charge in [-0.1, -0.05) is 0 Å². The number of halogens is 1. The molecule has 2 amide bonds. The minimum atomic E-state index is -0.700. The summed E-state index contributed by atoms with van der Waals surface area (Å²) in [5.74, 6) is 0. The Morgan fingerprint density at radius 2 is 1.86 bits per heavy atom. The van der Waals surface area contributed by atoms with E-state index in [0.29, 0.717) is 5.69 Å². The number of carbonyl (C=O) groups excluding carboxylic acids is 1. The second kappa shape index (κ2) is 5.03. The zero-order chi connectivity index (χ0) is 9.84. The molecule has 0 saturated carbocycles. The van der Waals surface area contributed by atoms with E-state index in [1.807, 2.05) is 0 Å². The van der Waals surface area contributed by atoms with Crippen molar-refractivity contribution in [2.24, 2.45) is 5.73 Å². The number of rotatable bonds is 2. The summed E-state index contributed by atoms with van der Waals surface area (Å²) in [5, 5.41) is 12.5. The maximum atomic E-state index is 10.4. The first-order valence-corrected chi connectivity index (χ1v) is 3.40. The van der Waals surface area contributed by atoms with E-state index < -0.39 is 11.0 Å². The number of nitro groups is 1. The van der Waals surface area contributed by atoms with E-state index in [1.54, 1.807) is 0 Å². The fourth-order valence-corrected chi connectivity index (χ4v) is 0.809. The van der Waals surface area contributed by atoms with Crippen LogP contribution in [0.15, 0.2) is 24.3 Å². The molecular weight excluding hydrogens is 210 g/mol. The van der Waals surface area contributed by atoms with Crippen LogP contribution in [-0.4, -0.2) is 11.0 Å². The van der Waals surface area contributed by atoms with Crippen molar-refractivity contribution in [2.75, 3.05) is 5.32 Å². The molecule has 3 N–H and O–H groups in total. The topological polar surface area (TPSA) is 98.3 Å². The Bertz CT molecular complexity index is 339. The molecule has 1 rings (SSSR count). The third-order valence-electron chi connectivity index (χ3n) is 1.35. The van der Waals surface area contributed by atoms with Crippen LogP contribution in [0.4, 0.5) is 16.2 Å². The van der Waals surface area contributed by atoms with Crippen LogP contribution in [0.2, 0.25) is 0 Å². The van der Waals surface area contributed by atoms with E-state index in [9.17, 15) is 14.9 Å². The van der Waals surface area contributed by atoms with Gasteiger partial charge in [0.1, 0.15) is 0 Å². The highest BCUT2D eigenvalue weighted by Gasteiger charge is 2.03. The van der Waals surface area contributed by atoms with Crippen LogP contribution < -0.4 is 11.1 Å². The fraction of sp³-hybridized carbons (Fsp3) is 0. The number of urea groups is 1. The Morgan fingerprint density at radius 1 is 1.36 bits per heavy atom. The van der Waals surface area contributed by atoms with Crippen molar-refractivity contribution in [3.8, 4) is 0 Å². The van der Waals surface area contributed by atoms with Crippen LogP contribution in [0.5, 0.6) is 0 Å². The summed E-state index contributed by atoms with van der Waals surface area (Å²) in [6.07, 6.45) is 0. The molecule has 0 aliphatic carbocycles. The number of amides is 2. The van der Waals surface area contributed by atoms with Gasteiger partial charge in [-0.3, -0.25) is 10.1 Å². The average molecular weight is 218 g/mol. The van der Waals surface area contributed by atoms with E-state index in [0.717, 1.165) is 0 Å². The molecule has 0 fully saturated rings. The van der Waals surface area contributed by atoms with E-state index >= 15 is 0 Å². The second-order valence-electron chi connectivity index (χ2n) is 2.29. The highest BCUT2D eigenvalue weighted by Crippen LogP contribution is 2.14. The number of hydrogen-bond donors (Lipinski definition) is 2. The minimum Gasteiger partial charge on any atom is -0.351 e. The molecule has 14 heavy (non-hydrogen) atoms. The molecule has 0 unspecified atom stereocenters. The van der Waals surface area contributed by atoms with Crippen LogP contribution in [0.3, 0.4) is 0 Å². The number of anilines is 1. The maximum absolute atomic E-state index is 10.4. The van der Waals surface area contributed by atoms with Crippen LogP contribution in [-0.2, 0) is 0 Å². The van der Waals surface area contributed by atoms with Crippen molar-refractivity contribution in [3.05, 3.63) is 34.4 Å². The predicted octanol–water partition coefficient (Wildman–Crippen LogP) is 1.51. The first-order valence-electron chi connectivity index (χ1n) is 3.40. The molecule has 0 aliphatic rings. The molecule has 76 valence electrons. The molecule has 0 spiro atoms. The number of hydrogen-bond acceptors (Lipinski definition) is 3. The normalized spacial score (nSPS) is 8.57. The number of non-ortho nitro benzene ring substituents is 1. The summed E-state index contributed by atoms with van der Waals surface area (Å²) in [5.41, 5.74) is 5.23. The highest BCUT2D eigenvalue weighted by atomic mass is 35.5. The number of nitrogens with two attached hydrogens (primary N) is 1. The summed E-state index contributed by atoms with van der Waals surface area (Å²) in [7, 11) is 0. The number of nitro benzene ring substituents is 1. The molecule has 0 heterocycles. The Labute approximate surface area is 85.7 Å². The smallest absolute Gasteiger partial charge is 0.316 e. The molecule has 0 aromatic heterocycles. The van der Waals surface area contributed by atoms with E-state index in [4.69, 9.17) is 5.73 Å². The van der Waals surface area contributed by atoms with E-state index in [-0.39, 0.29) is 18.1 Å². The average Bonchev–Trinajstić information content (AvgIpc) is 2.04. The van der Waals surface area contributed by atoms with Gasteiger partial charge in [-0.05, 0) is 12.1 Å². The van der Waals surface area contributed by atoms with Gasteiger partial charge in [0.25, 0.3) is 5.69 Å². The standard InChI is InChI=1S/C7H7N3O3.ClH/c8-7(11)9-5-1-3-6(4-2-5)10(12)13;/h1-4H,(H3,8,9,11);1H. The summed E-state index contributed by atoms with van der Waals surface area (Å²) < 4.78 is 0. The van der Waals surface area contributed by atoms with Crippen molar-refractivity contribution >= 4 is 29.8 Å². The molecule has 0 radical (unpaired) electrons. The fourth-order valence-electron chi connectivity index (χ4n) is 0.809. The second-order valence-corrected chi connectivity index (χ2v) is 2.29. The van der Waals surface area contributed by atoms with Crippen LogP contribution >= 0.6 is 12.4 Å². The Kier molecular flexibility index (Phi) is 4.37. The number of carbonyl (C=O) groups is 1. The van der Waals surface area contributed by atoms with Crippen molar-refractivity contribution in [3.63, 3.8) is 0 Å². The van der Waals surface area contributed by atoms with Crippen molar-refractivity contribution in [2.45, 2.75) is 0 Å². The Balaban J connectivity index is 0.00000169. The van der Waals surface area contributed by atoms with Crippen molar-refractivity contribution < 1.29 is 9.72 Å². The number of nitrogens with one attached hydrogen (secondary N) is 1. The van der Waals surface area contributed by atoms with Gasteiger partial charge in [0.2, 0.25) is 0 Å². The molecule has 0 saturated heterocycles. The Hall–Kier alpha value is -1.82. The van der Waals surface area contributed by atoms with Gasteiger partial charge in [0.15, 0.2) is 0 Å². The first-order chi connectivity index (χ1) is 6.09. The summed E-state index contributed by atoms with van der Waals surface area (Å²) in [6.45, 7) is 0. The van der Waals surface area contributed by atoms with E-state index in [1.165, 1.54) is 24.3 Å². The molecule has 0 aliphatic heterocycles. The summed E-state index contributed by atoms with van der Waals surface area (Å²) >= 11 is 0. The zero-order valence-electron chi connectivity index (χ0n) is 6.97. The zero-order valence-corrected chi connectivity index (χ0v) is 7.78. The lowest BCUT2D eigenvalue weighted by atomic mass is 10.3. The van der Waals surface area contributed by atoms with Gasteiger partial charge in [-0.2, -0.15) is 0 Å². The monoisotopic (exact) mass is 217 g/mol. The SMILES string of the molecule is Cl.NC(=O)Nc1ccc([N+](=O)[O-])cc1.